The van der Waals surface area contributed by atoms with Crippen molar-refractivity contribution < 1.29 is 4.79 Å². The van der Waals surface area contributed by atoms with Gasteiger partial charge in [0.25, 0.3) is 5.91 Å². The first-order chi connectivity index (χ1) is 16.0. The van der Waals surface area contributed by atoms with Gasteiger partial charge in [-0.15, -0.1) is 0 Å². The maximum atomic E-state index is 12.8. The average Bonchev–Trinajstić information content (AvgIpc) is 2.84. The third kappa shape index (κ3) is 5.92. The van der Waals surface area contributed by atoms with E-state index in [0.29, 0.717) is 28.4 Å². The number of halogens is 1. The van der Waals surface area contributed by atoms with Crippen molar-refractivity contribution >= 4 is 29.0 Å². The fourth-order valence-corrected chi connectivity index (χ4v) is 4.63. The minimum atomic E-state index is -0.185. The smallest absolute Gasteiger partial charge is 0.258 e. The molecular weight excluding hydrogens is 432 g/mol. The Morgan fingerprint density at radius 2 is 1.82 bits per heavy atom. The molecule has 33 heavy (non-hydrogen) atoms. The molecule has 0 radical (unpaired) electrons. The number of amides is 1. The zero-order chi connectivity index (χ0) is 23.2. The number of nitrogens with one attached hydrogen (secondary N) is 2. The molecule has 1 saturated heterocycles. The number of benzene rings is 2. The molecule has 4 rings (SSSR count). The topological polar surface area (TPSA) is 57.3 Å². The Morgan fingerprint density at radius 3 is 2.55 bits per heavy atom. The Balaban J connectivity index is 1.32. The lowest BCUT2D eigenvalue weighted by molar-refractivity contribution is 0.102. The molecule has 2 heterocycles. The second kappa shape index (κ2) is 10.8. The third-order valence-electron chi connectivity index (χ3n) is 6.56. The van der Waals surface area contributed by atoms with E-state index in [2.05, 4.69) is 58.6 Å². The van der Waals surface area contributed by atoms with E-state index in [1.165, 1.54) is 17.3 Å². The second-order valence-corrected chi connectivity index (χ2v) is 9.19. The Morgan fingerprint density at radius 1 is 1.09 bits per heavy atom. The zero-order valence-electron chi connectivity index (χ0n) is 19.2. The number of likely N-dealkylation sites (tertiary alicyclic amines) is 1. The predicted octanol–water partition coefficient (Wildman–Crippen LogP) is 6.18. The molecule has 1 aliphatic heterocycles. The van der Waals surface area contributed by atoms with Crippen LogP contribution in [0.1, 0.15) is 47.3 Å². The quantitative estimate of drug-likeness (QED) is 0.440. The van der Waals surface area contributed by atoms with Crippen LogP contribution in [0.15, 0.2) is 66.9 Å². The molecule has 1 aliphatic rings. The summed E-state index contributed by atoms with van der Waals surface area (Å²) in [5.74, 6) is 0.878. The van der Waals surface area contributed by atoms with E-state index in [0.717, 1.165) is 38.2 Å². The van der Waals surface area contributed by atoms with Crippen molar-refractivity contribution in [1.82, 2.24) is 9.88 Å². The summed E-state index contributed by atoms with van der Waals surface area (Å²) in [7, 11) is 0. The van der Waals surface area contributed by atoms with Crippen LogP contribution < -0.4 is 10.6 Å². The van der Waals surface area contributed by atoms with E-state index in [1.807, 2.05) is 24.3 Å². The van der Waals surface area contributed by atoms with Crippen LogP contribution in [0, 0.1) is 12.8 Å². The monoisotopic (exact) mass is 462 g/mol. The van der Waals surface area contributed by atoms with Crippen LogP contribution in [0.2, 0.25) is 5.02 Å². The Hall–Kier alpha value is -2.89. The minimum Gasteiger partial charge on any atom is -0.384 e. The highest BCUT2D eigenvalue weighted by molar-refractivity contribution is 6.30. The van der Waals surface area contributed by atoms with Gasteiger partial charge in [-0.2, -0.15) is 0 Å². The van der Waals surface area contributed by atoms with Crippen LogP contribution in [-0.2, 0) is 0 Å². The largest absolute Gasteiger partial charge is 0.384 e. The number of nitrogens with zero attached hydrogens (tertiary/aromatic N) is 2. The molecule has 2 N–H and O–H groups in total. The van der Waals surface area contributed by atoms with E-state index in [1.54, 1.807) is 12.1 Å². The number of aryl methyl sites for hydroxylation is 1. The molecule has 0 aliphatic carbocycles. The number of anilines is 2. The molecule has 1 atom stereocenters. The van der Waals surface area contributed by atoms with Crippen molar-refractivity contribution in [2.24, 2.45) is 5.92 Å². The lowest BCUT2D eigenvalue weighted by Crippen LogP contribution is -2.37. The zero-order valence-corrected chi connectivity index (χ0v) is 20.0. The molecule has 0 bridgehead atoms. The fourth-order valence-electron chi connectivity index (χ4n) is 4.52. The van der Waals surface area contributed by atoms with Crippen molar-refractivity contribution in [1.29, 1.82) is 0 Å². The molecule has 5 nitrogen and oxygen atoms in total. The summed E-state index contributed by atoms with van der Waals surface area (Å²) in [5.41, 5.74) is 4.24. The van der Waals surface area contributed by atoms with Gasteiger partial charge in [-0.05, 0) is 81.1 Å². The molecule has 1 aromatic heterocycles. The van der Waals surface area contributed by atoms with Crippen molar-refractivity contribution in [2.45, 2.75) is 32.7 Å². The molecule has 0 spiro atoms. The summed E-state index contributed by atoms with van der Waals surface area (Å²) >= 11 is 5.88. The van der Waals surface area contributed by atoms with Crippen LogP contribution >= 0.6 is 11.6 Å². The molecule has 3 aromatic rings. The first-order valence-electron chi connectivity index (χ1n) is 11.6. The van der Waals surface area contributed by atoms with Gasteiger partial charge in [-0.1, -0.05) is 48.0 Å². The van der Waals surface area contributed by atoms with Crippen molar-refractivity contribution in [2.75, 3.05) is 30.3 Å². The lowest BCUT2D eigenvalue weighted by atomic mass is 9.93. The molecule has 2 aromatic carbocycles. The van der Waals surface area contributed by atoms with Gasteiger partial charge in [-0.3, -0.25) is 9.69 Å². The second-order valence-electron chi connectivity index (χ2n) is 8.75. The van der Waals surface area contributed by atoms with Crippen molar-refractivity contribution in [3.05, 3.63) is 88.6 Å². The maximum Gasteiger partial charge on any atom is 0.258 e. The Labute approximate surface area is 201 Å². The highest BCUT2D eigenvalue weighted by atomic mass is 35.5. The number of hydrogen-bond acceptors (Lipinski definition) is 4. The van der Waals surface area contributed by atoms with Gasteiger partial charge in [0.05, 0.1) is 10.6 Å². The normalized spacial score (nSPS) is 15.7. The molecule has 0 unspecified atom stereocenters. The molecule has 1 amide bonds. The number of hydrogen-bond donors (Lipinski definition) is 2. The van der Waals surface area contributed by atoms with Gasteiger partial charge in [-0.25, -0.2) is 4.98 Å². The Kier molecular flexibility index (Phi) is 7.63. The van der Waals surface area contributed by atoms with Gasteiger partial charge >= 0.3 is 0 Å². The van der Waals surface area contributed by atoms with Crippen LogP contribution in [0.4, 0.5) is 11.5 Å². The number of para-hydroxylation sites is 1. The number of carbonyl (C=O) groups excluding carboxylic acids is 1. The number of aromatic nitrogens is 1. The summed E-state index contributed by atoms with van der Waals surface area (Å²) in [4.78, 5) is 19.6. The fraction of sp³-hybridized carbons (Fsp3) is 0.333. The standard InChI is InChI=1S/C27H31ClN4O/c1-19-7-3-4-8-23(19)20(2)32-15-13-21(14-16-32)17-29-25-10-6-5-9-24(25)27(33)31-26-12-11-22(28)18-30-26/h3-12,18,20-21,29H,13-17H2,1-2H3,(H,30,31,33)/t20-/m1/s1. The molecule has 1 fully saturated rings. The van der Waals surface area contributed by atoms with Crippen LogP contribution in [0.5, 0.6) is 0 Å². The molecular formula is C27H31ClN4O. The average molecular weight is 463 g/mol. The van der Waals surface area contributed by atoms with Crippen LogP contribution in [0.3, 0.4) is 0 Å². The summed E-state index contributed by atoms with van der Waals surface area (Å²) in [6, 6.07) is 20.1. The van der Waals surface area contributed by atoms with Crippen molar-refractivity contribution in [3.63, 3.8) is 0 Å². The van der Waals surface area contributed by atoms with Crippen LogP contribution in [-0.4, -0.2) is 35.4 Å². The third-order valence-corrected chi connectivity index (χ3v) is 6.78. The van der Waals surface area contributed by atoms with Gasteiger partial charge in [0, 0.05) is 24.5 Å². The summed E-state index contributed by atoms with van der Waals surface area (Å²) in [6.07, 6.45) is 3.81. The lowest BCUT2D eigenvalue weighted by Gasteiger charge is -2.37. The highest BCUT2D eigenvalue weighted by Crippen LogP contribution is 2.29. The van der Waals surface area contributed by atoms with Crippen molar-refractivity contribution in [3.8, 4) is 0 Å². The van der Waals surface area contributed by atoms with Gasteiger partial charge < -0.3 is 10.6 Å². The SMILES string of the molecule is Cc1ccccc1[C@@H](C)N1CCC(CNc2ccccc2C(=O)Nc2ccc(Cl)cn2)CC1. The summed E-state index contributed by atoms with van der Waals surface area (Å²) in [5, 5.41) is 6.91. The molecule has 0 saturated carbocycles. The number of pyridine rings is 1. The minimum absolute atomic E-state index is 0.185. The highest BCUT2D eigenvalue weighted by Gasteiger charge is 2.24. The Bertz CT molecular complexity index is 1080. The van der Waals surface area contributed by atoms with Gasteiger partial charge in [0.2, 0.25) is 0 Å². The van der Waals surface area contributed by atoms with E-state index in [4.69, 9.17) is 11.6 Å². The van der Waals surface area contributed by atoms with Gasteiger partial charge in [0.1, 0.15) is 5.82 Å². The first-order valence-corrected chi connectivity index (χ1v) is 11.9. The van der Waals surface area contributed by atoms with Crippen LogP contribution in [0.25, 0.3) is 0 Å². The van der Waals surface area contributed by atoms with E-state index in [9.17, 15) is 4.79 Å². The summed E-state index contributed by atoms with van der Waals surface area (Å²) < 4.78 is 0. The number of piperidine rings is 1. The first kappa shape index (κ1) is 23.3. The predicted molar refractivity (Wildman–Crippen MR) is 136 cm³/mol. The maximum absolute atomic E-state index is 12.8. The van der Waals surface area contributed by atoms with E-state index in [-0.39, 0.29) is 5.91 Å². The van der Waals surface area contributed by atoms with Gasteiger partial charge in [0.15, 0.2) is 0 Å². The molecule has 172 valence electrons. The molecule has 6 heteroatoms. The summed E-state index contributed by atoms with van der Waals surface area (Å²) in [6.45, 7) is 7.54. The number of carbonyl (C=O) groups is 1. The number of rotatable bonds is 7. The van der Waals surface area contributed by atoms with E-state index >= 15 is 0 Å². The van der Waals surface area contributed by atoms with E-state index < -0.39 is 0 Å².